The standard InChI is InChI=1S/C11H10F3NO3/c1-6(2)8-4-3-7(5-9(8)15(17)18)10(16)11(12,13)14/h3-6H,1-2H3. The summed E-state index contributed by atoms with van der Waals surface area (Å²) in [5, 5.41) is 10.8. The fraction of sp³-hybridized carbons (Fsp3) is 0.364. The molecule has 0 aliphatic carbocycles. The Balaban J connectivity index is 3.32. The number of carbonyl (C=O) groups excluding carboxylic acids is 1. The molecule has 1 aromatic carbocycles. The lowest BCUT2D eigenvalue weighted by Crippen LogP contribution is -2.22. The highest BCUT2D eigenvalue weighted by Crippen LogP contribution is 2.30. The van der Waals surface area contributed by atoms with Gasteiger partial charge in [0.2, 0.25) is 0 Å². The number of ketones is 1. The molecular weight excluding hydrogens is 251 g/mol. The zero-order valence-corrected chi connectivity index (χ0v) is 9.62. The van der Waals surface area contributed by atoms with Gasteiger partial charge in [0.15, 0.2) is 0 Å². The lowest BCUT2D eigenvalue weighted by atomic mass is 9.98. The minimum absolute atomic E-state index is 0.222. The maximum atomic E-state index is 12.2. The second-order valence-corrected chi connectivity index (χ2v) is 4.01. The van der Waals surface area contributed by atoms with Crippen LogP contribution in [0, 0.1) is 10.1 Å². The van der Waals surface area contributed by atoms with Gasteiger partial charge in [0.05, 0.1) is 4.92 Å². The van der Waals surface area contributed by atoms with Crippen LogP contribution in [0.3, 0.4) is 0 Å². The Kier molecular flexibility index (Phi) is 3.73. The van der Waals surface area contributed by atoms with Gasteiger partial charge in [-0.3, -0.25) is 14.9 Å². The van der Waals surface area contributed by atoms with Crippen molar-refractivity contribution in [1.29, 1.82) is 0 Å². The Labute approximate surface area is 101 Å². The van der Waals surface area contributed by atoms with Gasteiger partial charge in [0, 0.05) is 17.2 Å². The molecule has 0 bridgehead atoms. The number of hydrogen-bond donors (Lipinski definition) is 0. The predicted octanol–water partition coefficient (Wildman–Crippen LogP) is 3.46. The molecule has 1 rings (SSSR count). The topological polar surface area (TPSA) is 60.2 Å². The molecule has 0 N–H and O–H groups in total. The highest BCUT2D eigenvalue weighted by molar-refractivity contribution is 6.00. The second-order valence-electron chi connectivity index (χ2n) is 4.01. The van der Waals surface area contributed by atoms with E-state index in [1.54, 1.807) is 13.8 Å². The molecule has 0 unspecified atom stereocenters. The van der Waals surface area contributed by atoms with Gasteiger partial charge in [0.25, 0.3) is 11.5 Å². The Morgan fingerprint density at radius 3 is 2.28 bits per heavy atom. The van der Waals surface area contributed by atoms with E-state index in [1.165, 1.54) is 6.07 Å². The van der Waals surface area contributed by atoms with Crippen molar-refractivity contribution in [2.75, 3.05) is 0 Å². The summed E-state index contributed by atoms with van der Waals surface area (Å²) in [7, 11) is 0. The number of halogens is 3. The summed E-state index contributed by atoms with van der Waals surface area (Å²) in [6.07, 6.45) is -5.03. The molecule has 18 heavy (non-hydrogen) atoms. The van der Waals surface area contributed by atoms with Crippen molar-refractivity contribution in [1.82, 2.24) is 0 Å². The van der Waals surface area contributed by atoms with Crippen molar-refractivity contribution in [3.63, 3.8) is 0 Å². The van der Waals surface area contributed by atoms with Crippen LogP contribution in [0.2, 0.25) is 0 Å². The number of nitro groups is 1. The van der Waals surface area contributed by atoms with E-state index in [2.05, 4.69) is 0 Å². The molecule has 0 aromatic heterocycles. The highest BCUT2D eigenvalue weighted by atomic mass is 19.4. The Bertz CT molecular complexity index is 495. The van der Waals surface area contributed by atoms with E-state index in [0.717, 1.165) is 6.07 Å². The number of hydrogen-bond acceptors (Lipinski definition) is 3. The first-order valence-corrected chi connectivity index (χ1v) is 5.04. The Morgan fingerprint density at radius 1 is 1.33 bits per heavy atom. The third-order valence-corrected chi connectivity index (χ3v) is 2.37. The van der Waals surface area contributed by atoms with Gasteiger partial charge >= 0.3 is 6.18 Å². The van der Waals surface area contributed by atoms with E-state index in [9.17, 15) is 28.1 Å². The molecule has 98 valence electrons. The van der Waals surface area contributed by atoms with Gasteiger partial charge in [-0.1, -0.05) is 26.0 Å². The summed E-state index contributed by atoms with van der Waals surface area (Å²) in [5.74, 6) is -2.30. The first kappa shape index (κ1) is 14.1. The van der Waals surface area contributed by atoms with Crippen LogP contribution in [-0.2, 0) is 0 Å². The van der Waals surface area contributed by atoms with E-state index < -0.39 is 28.1 Å². The molecule has 0 heterocycles. The van der Waals surface area contributed by atoms with Crippen molar-refractivity contribution < 1.29 is 22.9 Å². The first-order valence-electron chi connectivity index (χ1n) is 5.04. The van der Waals surface area contributed by atoms with Gasteiger partial charge < -0.3 is 0 Å². The molecule has 0 aliphatic heterocycles. The SMILES string of the molecule is CC(C)c1ccc(C(=O)C(F)(F)F)cc1[N+](=O)[O-]. The van der Waals surface area contributed by atoms with Gasteiger partial charge in [-0.15, -0.1) is 0 Å². The van der Waals surface area contributed by atoms with E-state index in [-0.39, 0.29) is 5.92 Å². The van der Waals surface area contributed by atoms with Crippen LogP contribution in [0.15, 0.2) is 18.2 Å². The number of alkyl halides is 3. The summed E-state index contributed by atoms with van der Waals surface area (Å²) < 4.78 is 36.6. The predicted molar refractivity (Wildman–Crippen MR) is 57.6 cm³/mol. The molecule has 0 saturated carbocycles. The Morgan fingerprint density at radius 2 is 1.89 bits per heavy atom. The Hall–Kier alpha value is -1.92. The molecule has 0 radical (unpaired) electrons. The molecule has 7 heteroatoms. The lowest BCUT2D eigenvalue weighted by Gasteiger charge is -2.09. The summed E-state index contributed by atoms with van der Waals surface area (Å²) in [6.45, 7) is 3.35. The number of nitrogens with zero attached hydrogens (tertiary/aromatic N) is 1. The fourth-order valence-corrected chi connectivity index (χ4v) is 1.49. The van der Waals surface area contributed by atoms with Crippen LogP contribution in [0.1, 0.15) is 35.7 Å². The number of carbonyl (C=O) groups is 1. The van der Waals surface area contributed by atoms with E-state index >= 15 is 0 Å². The zero-order chi connectivity index (χ0) is 14.1. The highest BCUT2D eigenvalue weighted by Gasteiger charge is 2.40. The number of benzene rings is 1. The van der Waals surface area contributed by atoms with E-state index in [0.29, 0.717) is 11.6 Å². The van der Waals surface area contributed by atoms with Crippen LogP contribution in [0.5, 0.6) is 0 Å². The van der Waals surface area contributed by atoms with Crippen molar-refractivity contribution >= 4 is 11.5 Å². The molecular formula is C11H10F3NO3. The molecule has 0 spiro atoms. The maximum absolute atomic E-state index is 12.2. The molecule has 0 saturated heterocycles. The minimum atomic E-state index is -5.03. The van der Waals surface area contributed by atoms with E-state index in [1.807, 2.05) is 0 Å². The maximum Gasteiger partial charge on any atom is 0.454 e. The number of nitro benzene ring substituents is 1. The lowest BCUT2D eigenvalue weighted by molar-refractivity contribution is -0.385. The molecule has 0 amide bonds. The summed E-state index contributed by atoms with van der Waals surface area (Å²) in [4.78, 5) is 20.9. The molecule has 0 aliphatic rings. The summed E-state index contributed by atoms with van der Waals surface area (Å²) in [5.41, 5.74) is -0.905. The first-order chi connectivity index (χ1) is 8.14. The van der Waals surface area contributed by atoms with Crippen LogP contribution >= 0.6 is 0 Å². The summed E-state index contributed by atoms with van der Waals surface area (Å²) >= 11 is 0. The fourth-order valence-electron chi connectivity index (χ4n) is 1.49. The van der Waals surface area contributed by atoms with Gasteiger partial charge in [-0.05, 0) is 5.92 Å². The second kappa shape index (κ2) is 4.75. The van der Waals surface area contributed by atoms with Crippen LogP contribution < -0.4 is 0 Å². The minimum Gasteiger partial charge on any atom is -0.284 e. The number of rotatable bonds is 3. The molecule has 0 fully saturated rings. The monoisotopic (exact) mass is 261 g/mol. The van der Waals surface area contributed by atoms with Gasteiger partial charge in [-0.2, -0.15) is 13.2 Å². The summed E-state index contributed by atoms with van der Waals surface area (Å²) in [6, 6.07) is 2.81. The van der Waals surface area contributed by atoms with Gasteiger partial charge in [0.1, 0.15) is 0 Å². The quantitative estimate of drug-likeness (QED) is 0.475. The zero-order valence-electron chi connectivity index (χ0n) is 9.62. The van der Waals surface area contributed by atoms with Crippen molar-refractivity contribution in [3.05, 3.63) is 39.4 Å². The van der Waals surface area contributed by atoms with Crippen molar-refractivity contribution in [2.45, 2.75) is 25.9 Å². The average molecular weight is 261 g/mol. The van der Waals surface area contributed by atoms with Gasteiger partial charge in [-0.25, -0.2) is 0 Å². The number of Topliss-reactive ketones (excluding diaryl/α,β-unsaturated/α-hetero) is 1. The van der Waals surface area contributed by atoms with Crippen molar-refractivity contribution in [2.24, 2.45) is 0 Å². The van der Waals surface area contributed by atoms with E-state index in [4.69, 9.17) is 0 Å². The average Bonchev–Trinajstić information content (AvgIpc) is 2.25. The van der Waals surface area contributed by atoms with Crippen LogP contribution in [0.25, 0.3) is 0 Å². The smallest absolute Gasteiger partial charge is 0.284 e. The van der Waals surface area contributed by atoms with Crippen molar-refractivity contribution in [3.8, 4) is 0 Å². The molecule has 4 nitrogen and oxygen atoms in total. The molecule has 1 aromatic rings. The molecule has 0 atom stereocenters. The largest absolute Gasteiger partial charge is 0.454 e. The van der Waals surface area contributed by atoms with Crippen LogP contribution in [0.4, 0.5) is 18.9 Å². The third kappa shape index (κ3) is 2.85. The third-order valence-electron chi connectivity index (χ3n) is 2.37. The van der Waals surface area contributed by atoms with Crippen LogP contribution in [-0.4, -0.2) is 16.9 Å². The normalized spacial score (nSPS) is 11.7.